The molecule has 0 saturated heterocycles. The number of aryl methyl sites for hydroxylation is 1. The Morgan fingerprint density at radius 3 is 2.58 bits per heavy atom. The fraction of sp³-hybridized carbons (Fsp3) is 0.143. The lowest BCUT2D eigenvalue weighted by atomic mass is 10.2. The smallest absolute Gasteiger partial charge is 0.417 e. The second kappa shape index (κ2) is 3.60. The van der Waals surface area contributed by atoms with Gasteiger partial charge in [-0.2, -0.15) is 0 Å². The zero-order valence-corrected chi connectivity index (χ0v) is 8.88. The highest BCUT2D eigenvalue weighted by molar-refractivity contribution is 9.39. The Bertz CT molecular complexity index is 320. The molecule has 1 aromatic carbocycles. The van der Waals surface area contributed by atoms with Crippen LogP contribution < -0.4 is 4.52 Å². The molecule has 1 rings (SSSR count). The Kier molecular flexibility index (Phi) is 2.94. The van der Waals surface area contributed by atoms with Crippen LogP contribution in [0.25, 0.3) is 0 Å². The van der Waals surface area contributed by atoms with Crippen LogP contribution in [0.15, 0.2) is 24.3 Å². The molecule has 0 heterocycles. The average molecular weight is 251 g/mol. The van der Waals surface area contributed by atoms with E-state index in [0.717, 1.165) is 5.56 Å². The van der Waals surface area contributed by atoms with E-state index >= 15 is 0 Å². The van der Waals surface area contributed by atoms with Gasteiger partial charge in [0.2, 0.25) is 0 Å². The third-order valence-corrected chi connectivity index (χ3v) is 2.16. The molecule has 0 aliphatic heterocycles. The fourth-order valence-electron chi connectivity index (χ4n) is 0.780. The molecule has 0 aliphatic rings. The Balaban J connectivity index is 2.90. The van der Waals surface area contributed by atoms with E-state index in [1.807, 2.05) is 6.07 Å². The van der Waals surface area contributed by atoms with Gasteiger partial charge in [0.05, 0.1) is 15.5 Å². The minimum Gasteiger partial charge on any atom is -0.417 e. The Hall–Kier alpha value is -0.310. The van der Waals surface area contributed by atoms with Crippen molar-refractivity contribution in [3.8, 4) is 5.75 Å². The Labute approximate surface area is 78.6 Å². The van der Waals surface area contributed by atoms with E-state index < -0.39 is 6.30 Å². The third-order valence-electron chi connectivity index (χ3n) is 1.30. The first-order chi connectivity index (χ1) is 5.49. The van der Waals surface area contributed by atoms with Crippen molar-refractivity contribution in [3.05, 3.63) is 29.8 Å². The number of hydrogen-bond acceptors (Lipinski definition) is 2. The zero-order valence-electron chi connectivity index (χ0n) is 6.40. The highest BCUT2D eigenvalue weighted by atomic mass is 79.9. The lowest BCUT2D eigenvalue weighted by Gasteiger charge is -2.08. The van der Waals surface area contributed by atoms with E-state index in [0.29, 0.717) is 5.75 Å². The normalized spacial score (nSPS) is 15.2. The maximum atomic E-state index is 10.8. The molecule has 0 aromatic heterocycles. The summed E-state index contributed by atoms with van der Waals surface area (Å²) in [7, 11) is 0. The van der Waals surface area contributed by atoms with Crippen LogP contribution in [0.1, 0.15) is 5.56 Å². The highest BCUT2D eigenvalue weighted by Crippen LogP contribution is 2.50. The first kappa shape index (κ1) is 9.78. The van der Waals surface area contributed by atoms with E-state index in [2.05, 4.69) is 15.5 Å². The molecular weight excluding hydrogens is 243 g/mol. The summed E-state index contributed by atoms with van der Waals surface area (Å²) in [5.74, 6) is 0.417. The molecule has 0 fully saturated rings. The van der Waals surface area contributed by atoms with Crippen molar-refractivity contribution in [2.75, 3.05) is 0 Å². The first-order valence-electron chi connectivity index (χ1n) is 3.27. The summed E-state index contributed by atoms with van der Waals surface area (Å²) in [4.78, 5) is 8.85. The van der Waals surface area contributed by atoms with Gasteiger partial charge in [0.15, 0.2) is 0 Å². The lowest BCUT2D eigenvalue weighted by Crippen LogP contribution is -1.87. The monoisotopic (exact) mass is 250 g/mol. The minimum absolute atomic E-state index is 0.417. The number of halogens is 1. The molecule has 12 heavy (non-hydrogen) atoms. The van der Waals surface area contributed by atoms with Gasteiger partial charge in [-0.15, -0.1) is 0 Å². The van der Waals surface area contributed by atoms with Crippen molar-refractivity contribution in [1.29, 1.82) is 0 Å². The van der Waals surface area contributed by atoms with E-state index in [4.69, 9.17) is 9.42 Å². The molecule has 1 unspecified atom stereocenters. The van der Waals surface area contributed by atoms with Gasteiger partial charge in [-0.1, -0.05) is 18.2 Å². The summed E-state index contributed by atoms with van der Waals surface area (Å²) in [6.07, 6.45) is -3.60. The largest absolute Gasteiger partial charge is 0.444 e. The Morgan fingerprint density at radius 1 is 1.50 bits per heavy atom. The molecular formula is C7H8BrO3P. The van der Waals surface area contributed by atoms with Gasteiger partial charge in [-0.25, -0.2) is 4.57 Å². The van der Waals surface area contributed by atoms with Crippen LogP contribution in [0.5, 0.6) is 5.75 Å². The Morgan fingerprint density at radius 2 is 2.08 bits per heavy atom. The van der Waals surface area contributed by atoms with Crippen molar-refractivity contribution >= 4 is 21.8 Å². The van der Waals surface area contributed by atoms with Gasteiger partial charge in [0.25, 0.3) is 0 Å². The molecule has 1 N–H and O–H groups in total. The number of benzene rings is 1. The highest BCUT2D eigenvalue weighted by Gasteiger charge is 2.15. The predicted octanol–water partition coefficient (Wildman–Crippen LogP) is 2.87. The molecule has 0 radical (unpaired) electrons. The third kappa shape index (κ3) is 2.97. The summed E-state index contributed by atoms with van der Waals surface area (Å²) < 4.78 is 15.5. The molecule has 0 aliphatic carbocycles. The van der Waals surface area contributed by atoms with Crippen LogP contribution in [-0.4, -0.2) is 4.89 Å². The number of para-hydroxylation sites is 1. The van der Waals surface area contributed by atoms with Crippen molar-refractivity contribution in [3.63, 3.8) is 0 Å². The summed E-state index contributed by atoms with van der Waals surface area (Å²) >= 11 is 2.54. The molecule has 5 heteroatoms. The summed E-state index contributed by atoms with van der Waals surface area (Å²) in [5, 5.41) is 0. The molecule has 0 amide bonds. The topological polar surface area (TPSA) is 46.5 Å². The lowest BCUT2D eigenvalue weighted by molar-refractivity contribution is 0.403. The van der Waals surface area contributed by atoms with Gasteiger partial charge in [-0.3, -0.25) is 0 Å². The molecule has 66 valence electrons. The number of hydrogen-bond donors (Lipinski definition) is 1. The van der Waals surface area contributed by atoms with Crippen LogP contribution in [0.2, 0.25) is 0 Å². The second-order valence-corrected chi connectivity index (χ2v) is 6.08. The molecule has 0 bridgehead atoms. The molecule has 1 aromatic rings. The van der Waals surface area contributed by atoms with Gasteiger partial charge >= 0.3 is 6.30 Å². The molecule has 0 spiro atoms. The summed E-state index contributed by atoms with van der Waals surface area (Å²) in [5.41, 5.74) is 0.825. The number of rotatable bonds is 2. The van der Waals surface area contributed by atoms with Crippen LogP contribution in [0.4, 0.5) is 0 Å². The maximum absolute atomic E-state index is 10.8. The van der Waals surface area contributed by atoms with Crippen LogP contribution in [-0.2, 0) is 4.57 Å². The zero-order chi connectivity index (χ0) is 9.19. The van der Waals surface area contributed by atoms with Crippen molar-refractivity contribution in [2.24, 2.45) is 0 Å². The quantitative estimate of drug-likeness (QED) is 0.822. The standard InChI is InChI=1S/C7H8BrO3P/c1-6-4-2-3-5-7(6)11-12(8,9)10/h2-5H,1H3,(H,9,10). The molecule has 3 nitrogen and oxygen atoms in total. The summed E-state index contributed by atoms with van der Waals surface area (Å²) in [6, 6.07) is 7.02. The van der Waals surface area contributed by atoms with Crippen LogP contribution >= 0.6 is 21.8 Å². The van der Waals surface area contributed by atoms with Gasteiger partial charge in [0, 0.05) is 0 Å². The van der Waals surface area contributed by atoms with Crippen molar-refractivity contribution in [2.45, 2.75) is 6.92 Å². The van der Waals surface area contributed by atoms with Crippen LogP contribution in [0, 0.1) is 6.92 Å². The molecule has 0 saturated carbocycles. The predicted molar refractivity (Wildman–Crippen MR) is 50.6 cm³/mol. The van der Waals surface area contributed by atoms with Crippen LogP contribution in [0.3, 0.4) is 0 Å². The fourth-order valence-corrected chi connectivity index (χ4v) is 1.70. The first-order valence-corrected chi connectivity index (χ1v) is 6.86. The van der Waals surface area contributed by atoms with Gasteiger partial charge in [-0.05, 0) is 18.6 Å². The van der Waals surface area contributed by atoms with Gasteiger partial charge in [0.1, 0.15) is 5.75 Å². The SMILES string of the molecule is Cc1ccccc1OP(=O)(O)Br. The van der Waals surface area contributed by atoms with Gasteiger partial charge < -0.3 is 9.42 Å². The average Bonchev–Trinajstić information content (AvgIpc) is 1.91. The van der Waals surface area contributed by atoms with Crippen molar-refractivity contribution < 1.29 is 14.0 Å². The van der Waals surface area contributed by atoms with E-state index in [1.165, 1.54) is 0 Å². The van der Waals surface area contributed by atoms with E-state index in [1.54, 1.807) is 25.1 Å². The minimum atomic E-state index is -3.60. The summed E-state index contributed by atoms with van der Waals surface area (Å²) in [6.45, 7) is 1.80. The second-order valence-electron chi connectivity index (χ2n) is 2.31. The van der Waals surface area contributed by atoms with E-state index in [9.17, 15) is 4.57 Å². The van der Waals surface area contributed by atoms with Crippen molar-refractivity contribution in [1.82, 2.24) is 0 Å². The molecule has 1 atom stereocenters. The maximum Gasteiger partial charge on any atom is 0.444 e. The van der Waals surface area contributed by atoms with E-state index in [-0.39, 0.29) is 0 Å².